The minimum absolute atomic E-state index is 0.537. The molecular weight excluding hydrogens is 302 g/mol. The van der Waals surface area contributed by atoms with Gasteiger partial charge in [0, 0.05) is 22.4 Å². The van der Waals surface area contributed by atoms with Gasteiger partial charge >= 0.3 is 0 Å². The average Bonchev–Trinajstić information content (AvgIpc) is 2.45. The van der Waals surface area contributed by atoms with Crippen molar-refractivity contribution in [1.29, 1.82) is 0 Å². The Morgan fingerprint density at radius 1 is 1.21 bits per heavy atom. The van der Waals surface area contributed by atoms with E-state index in [-0.39, 0.29) is 0 Å². The van der Waals surface area contributed by atoms with Gasteiger partial charge in [-0.2, -0.15) is 0 Å². The molecule has 0 spiro atoms. The molecule has 0 amide bonds. The highest BCUT2D eigenvalue weighted by Crippen LogP contribution is 2.22. The molecule has 0 aliphatic rings. The summed E-state index contributed by atoms with van der Waals surface area (Å²) in [6.07, 6.45) is 4.74. The van der Waals surface area contributed by atoms with Crippen molar-refractivity contribution in [1.82, 2.24) is 4.98 Å². The molecule has 19 heavy (non-hydrogen) atoms. The summed E-state index contributed by atoms with van der Waals surface area (Å²) in [5.41, 5.74) is 2.42. The largest absolute Gasteiger partial charge is 0.489 e. The van der Waals surface area contributed by atoms with Gasteiger partial charge in [-0.1, -0.05) is 26.0 Å². The summed E-state index contributed by atoms with van der Waals surface area (Å²) in [4.78, 5) is 4.12. The van der Waals surface area contributed by atoms with Crippen LogP contribution in [0.1, 0.15) is 37.3 Å². The molecule has 0 bridgehead atoms. The van der Waals surface area contributed by atoms with Crippen LogP contribution in [-0.4, -0.2) is 4.98 Å². The Kier molecular flexibility index (Phi) is 4.97. The summed E-state index contributed by atoms with van der Waals surface area (Å²) in [5, 5.41) is 0. The van der Waals surface area contributed by atoms with Gasteiger partial charge in [0.15, 0.2) is 0 Å². The van der Waals surface area contributed by atoms with Crippen molar-refractivity contribution in [3.05, 3.63) is 58.3 Å². The fourth-order valence-electron chi connectivity index (χ4n) is 1.83. The molecule has 1 heterocycles. The van der Waals surface area contributed by atoms with Crippen molar-refractivity contribution in [2.75, 3.05) is 0 Å². The van der Waals surface area contributed by atoms with Crippen molar-refractivity contribution in [2.24, 2.45) is 0 Å². The number of halogens is 1. The third-order valence-corrected chi connectivity index (χ3v) is 3.66. The maximum absolute atomic E-state index is 5.75. The van der Waals surface area contributed by atoms with E-state index in [2.05, 4.69) is 46.9 Å². The fourth-order valence-corrected chi connectivity index (χ4v) is 2.24. The van der Waals surface area contributed by atoms with Crippen LogP contribution in [0.3, 0.4) is 0 Å². The zero-order valence-corrected chi connectivity index (χ0v) is 12.9. The molecule has 1 aromatic carbocycles. The van der Waals surface area contributed by atoms with Crippen LogP contribution in [0.5, 0.6) is 5.75 Å². The molecule has 0 fully saturated rings. The van der Waals surface area contributed by atoms with Crippen LogP contribution in [0.25, 0.3) is 0 Å². The summed E-state index contributed by atoms with van der Waals surface area (Å²) >= 11 is 3.40. The summed E-state index contributed by atoms with van der Waals surface area (Å²) in [6, 6.07) is 10.4. The van der Waals surface area contributed by atoms with Gasteiger partial charge in [0.2, 0.25) is 0 Å². The van der Waals surface area contributed by atoms with Gasteiger partial charge in [-0.3, -0.25) is 4.98 Å². The van der Waals surface area contributed by atoms with Crippen molar-refractivity contribution < 1.29 is 4.74 Å². The van der Waals surface area contributed by atoms with Crippen LogP contribution in [0.4, 0.5) is 0 Å². The maximum Gasteiger partial charge on any atom is 0.119 e. The smallest absolute Gasteiger partial charge is 0.119 e. The molecule has 1 aromatic heterocycles. The van der Waals surface area contributed by atoms with E-state index in [1.54, 1.807) is 6.20 Å². The predicted molar refractivity (Wildman–Crippen MR) is 81.4 cm³/mol. The Labute approximate surface area is 123 Å². The Bertz CT molecular complexity index is 525. The summed E-state index contributed by atoms with van der Waals surface area (Å²) in [5.74, 6) is 1.50. The SMILES string of the molecule is CCC(C)c1ccc(OCc2cncc(Br)c2)cc1. The normalized spacial score (nSPS) is 12.2. The highest BCUT2D eigenvalue weighted by atomic mass is 79.9. The number of ether oxygens (including phenoxy) is 1. The first-order valence-electron chi connectivity index (χ1n) is 6.51. The van der Waals surface area contributed by atoms with Crippen LogP contribution in [0, 0.1) is 0 Å². The van der Waals surface area contributed by atoms with Gasteiger partial charge in [-0.05, 0) is 52.0 Å². The van der Waals surface area contributed by atoms with Crippen LogP contribution < -0.4 is 4.74 Å². The zero-order chi connectivity index (χ0) is 13.7. The van der Waals surface area contributed by atoms with E-state index in [0.29, 0.717) is 12.5 Å². The van der Waals surface area contributed by atoms with Crippen molar-refractivity contribution in [2.45, 2.75) is 32.8 Å². The molecule has 0 saturated heterocycles. The van der Waals surface area contributed by atoms with Gasteiger partial charge < -0.3 is 4.74 Å². The second-order valence-corrected chi connectivity index (χ2v) is 5.59. The van der Waals surface area contributed by atoms with Gasteiger partial charge in [0.1, 0.15) is 12.4 Å². The number of aromatic nitrogens is 1. The molecule has 2 aromatic rings. The topological polar surface area (TPSA) is 22.1 Å². The Morgan fingerprint density at radius 3 is 2.58 bits per heavy atom. The summed E-state index contributed by atoms with van der Waals surface area (Å²) in [6.45, 7) is 4.98. The maximum atomic E-state index is 5.75. The molecule has 0 saturated carbocycles. The molecule has 100 valence electrons. The molecule has 1 atom stereocenters. The summed E-state index contributed by atoms with van der Waals surface area (Å²) < 4.78 is 6.73. The lowest BCUT2D eigenvalue weighted by Gasteiger charge is -2.10. The number of rotatable bonds is 5. The molecule has 0 aliphatic carbocycles. The van der Waals surface area contributed by atoms with Crippen LogP contribution in [-0.2, 0) is 6.61 Å². The molecule has 0 radical (unpaired) electrons. The lowest BCUT2D eigenvalue weighted by atomic mass is 9.99. The van der Waals surface area contributed by atoms with Crippen LogP contribution in [0.15, 0.2) is 47.2 Å². The van der Waals surface area contributed by atoms with Gasteiger partial charge in [-0.15, -0.1) is 0 Å². The number of pyridine rings is 1. The highest BCUT2D eigenvalue weighted by molar-refractivity contribution is 9.10. The number of hydrogen-bond acceptors (Lipinski definition) is 2. The molecular formula is C16H18BrNO. The van der Waals surface area contributed by atoms with E-state index in [9.17, 15) is 0 Å². The van der Waals surface area contributed by atoms with E-state index in [1.165, 1.54) is 5.56 Å². The first-order valence-corrected chi connectivity index (χ1v) is 7.30. The minimum Gasteiger partial charge on any atom is -0.489 e. The Balaban J connectivity index is 1.96. The summed E-state index contributed by atoms with van der Waals surface area (Å²) in [7, 11) is 0. The quantitative estimate of drug-likeness (QED) is 0.779. The molecule has 2 rings (SSSR count). The van der Waals surface area contributed by atoms with Crippen LogP contribution >= 0.6 is 15.9 Å². The lowest BCUT2D eigenvalue weighted by molar-refractivity contribution is 0.305. The van der Waals surface area contributed by atoms with E-state index >= 15 is 0 Å². The average molecular weight is 320 g/mol. The second kappa shape index (κ2) is 6.71. The predicted octanol–water partition coefficient (Wildman–Crippen LogP) is 4.94. The van der Waals surface area contributed by atoms with E-state index < -0.39 is 0 Å². The molecule has 0 N–H and O–H groups in total. The van der Waals surface area contributed by atoms with Gasteiger partial charge in [-0.25, -0.2) is 0 Å². The van der Waals surface area contributed by atoms with Gasteiger partial charge in [0.25, 0.3) is 0 Å². The molecule has 0 aliphatic heterocycles. The Hall–Kier alpha value is -1.35. The molecule has 2 nitrogen and oxygen atoms in total. The third-order valence-electron chi connectivity index (χ3n) is 3.23. The van der Waals surface area contributed by atoms with E-state index in [4.69, 9.17) is 4.74 Å². The molecule has 1 unspecified atom stereocenters. The first-order chi connectivity index (χ1) is 9.19. The van der Waals surface area contributed by atoms with E-state index in [1.807, 2.05) is 24.4 Å². The first kappa shape index (κ1) is 14.1. The fraction of sp³-hybridized carbons (Fsp3) is 0.312. The van der Waals surface area contributed by atoms with Crippen molar-refractivity contribution in [3.63, 3.8) is 0 Å². The number of benzene rings is 1. The molecule has 3 heteroatoms. The highest BCUT2D eigenvalue weighted by Gasteiger charge is 2.03. The second-order valence-electron chi connectivity index (χ2n) is 4.68. The van der Waals surface area contributed by atoms with Gasteiger partial charge in [0.05, 0.1) is 0 Å². The number of nitrogens with zero attached hydrogens (tertiary/aromatic N) is 1. The van der Waals surface area contributed by atoms with Crippen molar-refractivity contribution in [3.8, 4) is 5.75 Å². The Morgan fingerprint density at radius 2 is 1.95 bits per heavy atom. The standard InChI is InChI=1S/C16H18BrNO/c1-3-12(2)14-4-6-16(7-5-14)19-11-13-8-15(17)10-18-9-13/h4-10,12H,3,11H2,1-2H3. The number of hydrogen-bond donors (Lipinski definition) is 0. The lowest BCUT2D eigenvalue weighted by Crippen LogP contribution is -1.97. The zero-order valence-electron chi connectivity index (χ0n) is 11.3. The van der Waals surface area contributed by atoms with E-state index in [0.717, 1.165) is 22.2 Å². The van der Waals surface area contributed by atoms with Crippen molar-refractivity contribution >= 4 is 15.9 Å². The third kappa shape index (κ3) is 4.06. The van der Waals surface area contributed by atoms with Crippen LogP contribution in [0.2, 0.25) is 0 Å². The monoisotopic (exact) mass is 319 g/mol. The minimum atomic E-state index is 0.537.